The molecular weight excluding hydrogens is 362 g/mol. The van der Waals surface area contributed by atoms with Gasteiger partial charge in [-0.25, -0.2) is 4.98 Å². The van der Waals surface area contributed by atoms with Gasteiger partial charge in [0.15, 0.2) is 0 Å². The minimum atomic E-state index is -0.747. The van der Waals surface area contributed by atoms with Crippen LogP contribution in [0.25, 0.3) is 11.0 Å². The third-order valence-electron chi connectivity index (χ3n) is 5.22. The number of carboxylic acids is 1. The number of aliphatic carboxylic acids is 1. The minimum Gasteiger partial charge on any atom is -0.480 e. The topological polar surface area (TPSA) is 58.4 Å². The van der Waals surface area contributed by atoms with Crippen LogP contribution in [0.5, 0.6) is 0 Å². The zero-order valence-corrected chi connectivity index (χ0v) is 15.8. The molecule has 6 heteroatoms. The summed E-state index contributed by atoms with van der Waals surface area (Å²) in [5.41, 5.74) is 3.04. The smallest absolute Gasteiger partial charge is 0.320 e. The summed E-state index contributed by atoms with van der Waals surface area (Å²) < 4.78 is 2.18. The predicted octanol–water partition coefficient (Wildman–Crippen LogP) is 4.18. The molecule has 3 aromatic rings. The van der Waals surface area contributed by atoms with Gasteiger partial charge in [-0.3, -0.25) is 9.69 Å². The number of benzene rings is 2. The van der Waals surface area contributed by atoms with Crippen molar-refractivity contribution in [2.24, 2.45) is 0 Å². The highest BCUT2D eigenvalue weighted by Crippen LogP contribution is 2.25. The Kier molecular flexibility index (Phi) is 5.14. The number of carbonyl (C=O) groups is 1. The molecule has 0 saturated carbocycles. The van der Waals surface area contributed by atoms with Gasteiger partial charge in [-0.1, -0.05) is 48.4 Å². The fourth-order valence-corrected chi connectivity index (χ4v) is 4.02. The number of piperidine rings is 1. The lowest BCUT2D eigenvalue weighted by atomic mass is 10.0. The monoisotopic (exact) mass is 383 g/mol. The van der Waals surface area contributed by atoms with E-state index >= 15 is 0 Å². The molecule has 4 rings (SSSR count). The first-order chi connectivity index (χ1) is 13.1. The van der Waals surface area contributed by atoms with Crippen LogP contribution in [0.15, 0.2) is 48.5 Å². The summed E-state index contributed by atoms with van der Waals surface area (Å²) >= 11 is 6.16. The Morgan fingerprint density at radius 3 is 2.74 bits per heavy atom. The quantitative estimate of drug-likeness (QED) is 0.718. The Labute approximate surface area is 163 Å². The maximum atomic E-state index is 11.7. The van der Waals surface area contributed by atoms with Crippen molar-refractivity contribution < 1.29 is 9.90 Å². The summed E-state index contributed by atoms with van der Waals surface area (Å²) in [6, 6.07) is 15.5. The Morgan fingerprint density at radius 1 is 1.15 bits per heavy atom. The maximum absolute atomic E-state index is 11.7. The summed E-state index contributed by atoms with van der Waals surface area (Å²) in [6.07, 6.45) is 2.68. The summed E-state index contributed by atoms with van der Waals surface area (Å²) in [5, 5.41) is 10.2. The van der Waals surface area contributed by atoms with Gasteiger partial charge in [-0.2, -0.15) is 0 Å². The number of nitrogens with zero attached hydrogens (tertiary/aromatic N) is 3. The third-order valence-corrected chi connectivity index (χ3v) is 5.45. The van der Waals surface area contributed by atoms with Crippen molar-refractivity contribution in [1.29, 1.82) is 0 Å². The summed E-state index contributed by atoms with van der Waals surface area (Å²) in [6.45, 7) is 2.00. The van der Waals surface area contributed by atoms with Crippen LogP contribution >= 0.6 is 11.6 Å². The highest BCUT2D eigenvalue weighted by Gasteiger charge is 2.29. The number of carboxylic acid groups (broad SMARTS) is 1. The highest BCUT2D eigenvalue weighted by molar-refractivity contribution is 6.31. The normalized spacial score (nSPS) is 18.0. The van der Waals surface area contributed by atoms with Gasteiger partial charge < -0.3 is 9.67 Å². The minimum absolute atomic E-state index is 0.438. The molecule has 0 radical (unpaired) electrons. The zero-order chi connectivity index (χ0) is 18.8. The van der Waals surface area contributed by atoms with Crippen molar-refractivity contribution in [3.63, 3.8) is 0 Å². The second-order valence-corrected chi connectivity index (χ2v) is 7.49. The molecular formula is C21H22ClN3O2. The molecule has 2 aromatic carbocycles. The molecule has 27 heavy (non-hydrogen) atoms. The van der Waals surface area contributed by atoms with Crippen LogP contribution in [0.4, 0.5) is 0 Å². The van der Waals surface area contributed by atoms with Crippen molar-refractivity contribution in [3.8, 4) is 0 Å². The Hall–Kier alpha value is -2.37. The number of hydrogen-bond acceptors (Lipinski definition) is 3. The molecule has 1 saturated heterocycles. The van der Waals surface area contributed by atoms with E-state index in [-0.39, 0.29) is 0 Å². The predicted molar refractivity (Wildman–Crippen MR) is 106 cm³/mol. The second kappa shape index (κ2) is 7.71. The first kappa shape index (κ1) is 18.0. The lowest BCUT2D eigenvalue weighted by molar-refractivity contribution is -0.144. The molecule has 0 spiro atoms. The van der Waals surface area contributed by atoms with Gasteiger partial charge >= 0.3 is 5.97 Å². The Bertz CT molecular complexity index is 955. The summed E-state index contributed by atoms with van der Waals surface area (Å²) in [7, 11) is 0. The van der Waals surface area contributed by atoms with E-state index in [2.05, 4.69) is 16.7 Å². The summed E-state index contributed by atoms with van der Waals surface area (Å²) in [5.74, 6) is 0.132. The number of aromatic nitrogens is 2. The van der Waals surface area contributed by atoms with Crippen LogP contribution in [0.3, 0.4) is 0 Å². The van der Waals surface area contributed by atoms with Gasteiger partial charge in [0.05, 0.1) is 17.6 Å². The van der Waals surface area contributed by atoms with E-state index in [0.29, 0.717) is 24.5 Å². The summed E-state index contributed by atoms with van der Waals surface area (Å²) in [4.78, 5) is 18.5. The number of likely N-dealkylation sites (tertiary alicyclic amines) is 1. The van der Waals surface area contributed by atoms with Gasteiger partial charge in [0.1, 0.15) is 11.9 Å². The molecule has 2 heterocycles. The van der Waals surface area contributed by atoms with Crippen LogP contribution in [0.1, 0.15) is 30.7 Å². The Morgan fingerprint density at radius 2 is 1.96 bits per heavy atom. The average molecular weight is 384 g/mol. The lowest BCUT2D eigenvalue weighted by Gasteiger charge is -2.32. The lowest BCUT2D eigenvalue weighted by Crippen LogP contribution is -2.44. The molecule has 1 N–H and O–H groups in total. The van der Waals surface area contributed by atoms with Gasteiger partial charge in [0.25, 0.3) is 0 Å². The molecule has 1 aromatic heterocycles. The SMILES string of the molecule is O=C(O)C1CCCCN1Cc1nc2cc(Cl)ccc2n1Cc1ccccc1. The number of imidazole rings is 1. The van der Waals surface area contributed by atoms with Crippen LogP contribution in [0.2, 0.25) is 5.02 Å². The molecule has 5 nitrogen and oxygen atoms in total. The van der Waals surface area contributed by atoms with Crippen molar-refractivity contribution in [3.05, 3.63) is 64.9 Å². The second-order valence-electron chi connectivity index (χ2n) is 7.05. The zero-order valence-electron chi connectivity index (χ0n) is 15.0. The van der Waals surface area contributed by atoms with E-state index in [0.717, 1.165) is 36.2 Å². The van der Waals surface area contributed by atoms with Gasteiger partial charge in [-0.05, 0) is 43.1 Å². The van der Waals surface area contributed by atoms with E-state index in [4.69, 9.17) is 16.6 Å². The van der Waals surface area contributed by atoms with E-state index in [1.165, 1.54) is 5.56 Å². The maximum Gasteiger partial charge on any atom is 0.320 e. The van der Waals surface area contributed by atoms with Crippen LogP contribution in [-0.4, -0.2) is 38.1 Å². The van der Waals surface area contributed by atoms with Crippen LogP contribution in [0, 0.1) is 0 Å². The molecule has 1 atom stereocenters. The van der Waals surface area contributed by atoms with Gasteiger partial charge in [0.2, 0.25) is 0 Å². The molecule has 1 aliphatic rings. The molecule has 140 valence electrons. The number of halogens is 1. The van der Waals surface area contributed by atoms with Crippen LogP contribution in [-0.2, 0) is 17.9 Å². The number of hydrogen-bond donors (Lipinski definition) is 1. The van der Waals surface area contributed by atoms with Gasteiger partial charge in [0, 0.05) is 11.6 Å². The van der Waals surface area contributed by atoms with E-state index < -0.39 is 12.0 Å². The van der Waals surface area contributed by atoms with Crippen molar-refractivity contribution in [2.75, 3.05) is 6.54 Å². The third kappa shape index (κ3) is 3.84. The standard InChI is InChI=1S/C21H22ClN3O2/c22-16-9-10-18-17(12-16)23-20(25(18)13-15-6-2-1-3-7-15)14-24-11-5-4-8-19(24)21(26)27/h1-3,6-7,9-10,12,19H,4-5,8,11,13-14H2,(H,26,27). The number of fused-ring (bicyclic) bond motifs is 1. The van der Waals surface area contributed by atoms with Gasteiger partial charge in [-0.15, -0.1) is 0 Å². The Balaban J connectivity index is 1.72. The molecule has 0 amide bonds. The molecule has 1 unspecified atom stereocenters. The first-order valence-corrected chi connectivity index (χ1v) is 9.65. The average Bonchev–Trinajstić information content (AvgIpc) is 2.99. The highest BCUT2D eigenvalue weighted by atomic mass is 35.5. The van der Waals surface area contributed by atoms with E-state index in [1.54, 1.807) is 0 Å². The fourth-order valence-electron chi connectivity index (χ4n) is 3.86. The van der Waals surface area contributed by atoms with E-state index in [9.17, 15) is 9.90 Å². The molecule has 1 fully saturated rings. The van der Waals surface area contributed by atoms with E-state index in [1.807, 2.05) is 41.3 Å². The molecule has 0 aliphatic carbocycles. The number of rotatable bonds is 5. The first-order valence-electron chi connectivity index (χ1n) is 9.27. The van der Waals surface area contributed by atoms with Crippen molar-refractivity contribution in [1.82, 2.24) is 14.5 Å². The van der Waals surface area contributed by atoms with Crippen LogP contribution < -0.4 is 0 Å². The molecule has 0 bridgehead atoms. The largest absolute Gasteiger partial charge is 0.480 e. The van der Waals surface area contributed by atoms with Crippen molar-refractivity contribution in [2.45, 2.75) is 38.4 Å². The fraction of sp³-hybridized carbons (Fsp3) is 0.333. The van der Waals surface area contributed by atoms with Crippen molar-refractivity contribution >= 4 is 28.6 Å². The molecule has 1 aliphatic heterocycles.